The highest BCUT2D eigenvalue weighted by Crippen LogP contribution is 2.45. The van der Waals surface area contributed by atoms with E-state index in [1.54, 1.807) is 0 Å². The molecule has 1 N–H and O–H groups in total. The summed E-state index contributed by atoms with van der Waals surface area (Å²) >= 11 is 0. The van der Waals surface area contributed by atoms with E-state index in [0.717, 1.165) is 6.42 Å². The van der Waals surface area contributed by atoms with Crippen LogP contribution in [0.4, 0.5) is 0 Å². The van der Waals surface area contributed by atoms with Gasteiger partial charge in [-0.15, -0.1) is 0 Å². The first-order valence-corrected chi connectivity index (χ1v) is 8.33. The molecule has 0 aliphatic carbocycles. The second-order valence-corrected chi connectivity index (χ2v) is 6.27. The van der Waals surface area contributed by atoms with Crippen LogP contribution in [-0.2, 0) is 0 Å². The van der Waals surface area contributed by atoms with Crippen molar-refractivity contribution >= 4 is 0 Å². The SMILES string of the molecule is c1ccc([C@H]2C[C@H](c3ccccc3)N[C@@H]2c2ccccc2)cc1. The largest absolute Gasteiger partial charge is 0.302 e. The van der Waals surface area contributed by atoms with Crippen molar-refractivity contribution < 1.29 is 0 Å². The average molecular weight is 299 g/mol. The van der Waals surface area contributed by atoms with Crippen LogP contribution >= 0.6 is 0 Å². The maximum absolute atomic E-state index is 3.87. The Labute approximate surface area is 138 Å². The van der Waals surface area contributed by atoms with Crippen molar-refractivity contribution in [2.75, 3.05) is 0 Å². The molecule has 23 heavy (non-hydrogen) atoms. The molecule has 0 radical (unpaired) electrons. The molecule has 1 fully saturated rings. The van der Waals surface area contributed by atoms with Crippen LogP contribution in [0.3, 0.4) is 0 Å². The van der Waals surface area contributed by atoms with Gasteiger partial charge in [0.25, 0.3) is 0 Å². The molecule has 0 amide bonds. The molecule has 0 bridgehead atoms. The fourth-order valence-electron chi connectivity index (χ4n) is 3.73. The van der Waals surface area contributed by atoms with Crippen molar-refractivity contribution in [2.45, 2.75) is 24.4 Å². The highest BCUT2D eigenvalue weighted by Gasteiger charge is 2.35. The minimum absolute atomic E-state index is 0.365. The van der Waals surface area contributed by atoms with Gasteiger partial charge in [-0.2, -0.15) is 0 Å². The highest BCUT2D eigenvalue weighted by molar-refractivity contribution is 5.33. The number of benzene rings is 3. The fraction of sp³-hybridized carbons (Fsp3) is 0.182. The van der Waals surface area contributed by atoms with E-state index in [9.17, 15) is 0 Å². The lowest BCUT2D eigenvalue weighted by Gasteiger charge is -2.20. The van der Waals surface area contributed by atoms with E-state index in [1.807, 2.05) is 0 Å². The predicted molar refractivity (Wildman–Crippen MR) is 95.3 cm³/mol. The van der Waals surface area contributed by atoms with Gasteiger partial charge < -0.3 is 5.32 Å². The molecule has 0 unspecified atom stereocenters. The third-order valence-electron chi connectivity index (χ3n) is 4.86. The highest BCUT2D eigenvalue weighted by atomic mass is 15.0. The molecule has 3 atom stereocenters. The minimum atomic E-state index is 0.365. The van der Waals surface area contributed by atoms with Crippen molar-refractivity contribution in [1.82, 2.24) is 5.32 Å². The van der Waals surface area contributed by atoms with Gasteiger partial charge in [-0.25, -0.2) is 0 Å². The molecule has 1 aliphatic heterocycles. The van der Waals surface area contributed by atoms with Crippen LogP contribution in [-0.4, -0.2) is 0 Å². The van der Waals surface area contributed by atoms with E-state index in [2.05, 4.69) is 96.3 Å². The number of hydrogen-bond acceptors (Lipinski definition) is 1. The van der Waals surface area contributed by atoms with Crippen LogP contribution in [0.15, 0.2) is 91.0 Å². The summed E-state index contributed by atoms with van der Waals surface area (Å²) in [6, 6.07) is 33.3. The van der Waals surface area contributed by atoms with Crippen molar-refractivity contribution in [1.29, 1.82) is 0 Å². The molecule has 1 heterocycles. The summed E-state index contributed by atoms with van der Waals surface area (Å²) in [4.78, 5) is 0. The van der Waals surface area contributed by atoms with Gasteiger partial charge in [0.05, 0.1) is 0 Å². The summed E-state index contributed by atoms with van der Waals surface area (Å²) in [5.74, 6) is 0.504. The van der Waals surface area contributed by atoms with Crippen LogP contribution in [0.5, 0.6) is 0 Å². The van der Waals surface area contributed by atoms with E-state index < -0.39 is 0 Å². The zero-order valence-corrected chi connectivity index (χ0v) is 13.1. The molecule has 4 rings (SSSR count). The molecule has 1 heteroatoms. The number of rotatable bonds is 3. The summed E-state index contributed by atoms with van der Waals surface area (Å²) in [6.07, 6.45) is 1.13. The Balaban J connectivity index is 1.70. The Morgan fingerprint density at radius 3 is 1.61 bits per heavy atom. The van der Waals surface area contributed by atoms with Gasteiger partial charge in [0.15, 0.2) is 0 Å². The fourth-order valence-corrected chi connectivity index (χ4v) is 3.73. The van der Waals surface area contributed by atoms with Gasteiger partial charge in [0, 0.05) is 18.0 Å². The third kappa shape index (κ3) is 2.93. The van der Waals surface area contributed by atoms with E-state index in [0.29, 0.717) is 18.0 Å². The first kappa shape index (κ1) is 14.2. The Kier molecular flexibility index (Phi) is 3.95. The Bertz CT molecular complexity index is 689. The lowest BCUT2D eigenvalue weighted by Crippen LogP contribution is -2.19. The Morgan fingerprint density at radius 2 is 1.04 bits per heavy atom. The summed E-state index contributed by atoms with van der Waals surface area (Å²) in [6.45, 7) is 0. The average Bonchev–Trinajstić information content (AvgIpc) is 3.09. The summed E-state index contributed by atoms with van der Waals surface area (Å²) < 4.78 is 0. The first-order valence-electron chi connectivity index (χ1n) is 8.33. The van der Waals surface area contributed by atoms with Crippen molar-refractivity contribution in [3.8, 4) is 0 Å². The van der Waals surface area contributed by atoms with E-state index in [-0.39, 0.29) is 0 Å². The predicted octanol–water partition coefficient (Wildman–Crippen LogP) is 5.25. The maximum Gasteiger partial charge on any atom is 0.0395 e. The van der Waals surface area contributed by atoms with Gasteiger partial charge in [-0.1, -0.05) is 91.0 Å². The van der Waals surface area contributed by atoms with Gasteiger partial charge in [0.2, 0.25) is 0 Å². The standard InChI is InChI=1S/C22H21N/c1-4-10-17(11-5-1)20-16-21(18-12-6-2-7-13-18)23-22(20)19-14-8-3-9-15-19/h1-15,20-23H,16H2/t20-,21-,22-/m1/s1. The first-order chi connectivity index (χ1) is 11.4. The normalized spacial score (nSPS) is 23.7. The quantitative estimate of drug-likeness (QED) is 0.697. The Morgan fingerprint density at radius 1 is 0.565 bits per heavy atom. The second-order valence-electron chi connectivity index (χ2n) is 6.27. The molecule has 0 spiro atoms. The van der Waals surface area contributed by atoms with Gasteiger partial charge >= 0.3 is 0 Å². The molecule has 0 saturated carbocycles. The molecule has 1 saturated heterocycles. The topological polar surface area (TPSA) is 12.0 Å². The molecule has 0 aromatic heterocycles. The summed E-state index contributed by atoms with van der Waals surface area (Å²) in [5, 5.41) is 3.87. The summed E-state index contributed by atoms with van der Waals surface area (Å²) in [5.41, 5.74) is 4.18. The zero-order valence-electron chi connectivity index (χ0n) is 13.1. The van der Waals surface area contributed by atoms with Crippen LogP contribution in [0.25, 0.3) is 0 Å². The lowest BCUT2D eigenvalue weighted by molar-refractivity contribution is 0.554. The van der Waals surface area contributed by atoms with Crippen molar-refractivity contribution in [2.24, 2.45) is 0 Å². The second kappa shape index (κ2) is 6.39. The Hall–Kier alpha value is -2.38. The monoisotopic (exact) mass is 299 g/mol. The lowest BCUT2D eigenvalue weighted by atomic mass is 9.86. The molecule has 3 aromatic carbocycles. The smallest absolute Gasteiger partial charge is 0.0395 e. The molecule has 3 aromatic rings. The molecule has 114 valence electrons. The molecule has 1 nitrogen and oxygen atoms in total. The van der Waals surface area contributed by atoms with Gasteiger partial charge in [-0.3, -0.25) is 0 Å². The van der Waals surface area contributed by atoms with Crippen LogP contribution < -0.4 is 5.32 Å². The maximum atomic E-state index is 3.87. The zero-order chi connectivity index (χ0) is 15.5. The molecular weight excluding hydrogens is 278 g/mol. The number of nitrogens with one attached hydrogen (secondary N) is 1. The molecular formula is C22H21N. The van der Waals surface area contributed by atoms with Crippen LogP contribution in [0.2, 0.25) is 0 Å². The van der Waals surface area contributed by atoms with E-state index >= 15 is 0 Å². The van der Waals surface area contributed by atoms with Gasteiger partial charge in [0.1, 0.15) is 0 Å². The van der Waals surface area contributed by atoms with E-state index in [4.69, 9.17) is 0 Å². The summed E-state index contributed by atoms with van der Waals surface area (Å²) in [7, 11) is 0. The third-order valence-corrected chi connectivity index (χ3v) is 4.86. The van der Waals surface area contributed by atoms with Crippen molar-refractivity contribution in [3.63, 3.8) is 0 Å². The van der Waals surface area contributed by atoms with Crippen molar-refractivity contribution in [3.05, 3.63) is 108 Å². The minimum Gasteiger partial charge on any atom is -0.302 e. The van der Waals surface area contributed by atoms with E-state index in [1.165, 1.54) is 16.7 Å². The van der Waals surface area contributed by atoms with Crippen LogP contribution in [0, 0.1) is 0 Å². The molecule has 1 aliphatic rings. The van der Waals surface area contributed by atoms with Gasteiger partial charge in [-0.05, 0) is 23.1 Å². The number of hydrogen-bond donors (Lipinski definition) is 1. The van der Waals surface area contributed by atoms with Crippen LogP contribution in [0.1, 0.15) is 41.1 Å².